The van der Waals surface area contributed by atoms with Crippen molar-refractivity contribution in [3.63, 3.8) is 0 Å². The molecule has 2 N–H and O–H groups in total. The summed E-state index contributed by atoms with van der Waals surface area (Å²) in [5.41, 5.74) is -0.700. The van der Waals surface area contributed by atoms with Gasteiger partial charge in [-0.05, 0) is 31.0 Å². The van der Waals surface area contributed by atoms with E-state index in [-0.39, 0.29) is 5.91 Å². The van der Waals surface area contributed by atoms with E-state index in [4.69, 9.17) is 4.74 Å². The van der Waals surface area contributed by atoms with E-state index in [2.05, 4.69) is 5.32 Å². The minimum Gasteiger partial charge on any atom is -0.497 e. The van der Waals surface area contributed by atoms with Crippen LogP contribution in [-0.2, 0) is 4.79 Å². The van der Waals surface area contributed by atoms with Gasteiger partial charge in [0.05, 0.1) is 18.5 Å². The third-order valence-corrected chi connectivity index (χ3v) is 4.80. The molecule has 1 aromatic carbocycles. The van der Waals surface area contributed by atoms with Gasteiger partial charge in [-0.3, -0.25) is 4.79 Å². The predicted octanol–water partition coefficient (Wildman–Crippen LogP) is 2.60. The van der Waals surface area contributed by atoms with Gasteiger partial charge < -0.3 is 15.2 Å². The zero-order chi connectivity index (χ0) is 15.1. The average Bonchev–Trinajstić information content (AvgIpc) is 2.52. The van der Waals surface area contributed by atoms with Crippen LogP contribution in [0.5, 0.6) is 5.75 Å². The molecule has 21 heavy (non-hydrogen) atoms. The standard InChI is InChI=1S/C16H23NO3S/c1-20-13-6-5-7-14(10-13)21-11-15(18)17-12-16(19)8-3-2-4-9-16/h5-7,10,19H,2-4,8-9,11-12H2,1H3,(H,17,18). The van der Waals surface area contributed by atoms with Crippen molar-refractivity contribution in [3.05, 3.63) is 24.3 Å². The first-order chi connectivity index (χ1) is 10.1. The lowest BCUT2D eigenvalue weighted by Gasteiger charge is -2.32. The van der Waals surface area contributed by atoms with Gasteiger partial charge in [-0.2, -0.15) is 0 Å². The normalized spacial score (nSPS) is 17.2. The molecule has 2 rings (SSSR count). The summed E-state index contributed by atoms with van der Waals surface area (Å²) in [6.07, 6.45) is 4.85. The molecule has 1 fully saturated rings. The lowest BCUT2D eigenvalue weighted by Crippen LogP contribution is -2.44. The minimum atomic E-state index is -0.700. The molecule has 116 valence electrons. The molecule has 0 aliphatic heterocycles. The Bertz CT molecular complexity index is 472. The van der Waals surface area contributed by atoms with Gasteiger partial charge in [-0.15, -0.1) is 11.8 Å². The Hall–Kier alpha value is -1.20. The average molecular weight is 309 g/mol. The highest BCUT2D eigenvalue weighted by Gasteiger charge is 2.29. The van der Waals surface area contributed by atoms with Crippen molar-refractivity contribution in [2.75, 3.05) is 19.4 Å². The molecule has 1 aliphatic carbocycles. The molecule has 0 aromatic heterocycles. The Morgan fingerprint density at radius 1 is 1.38 bits per heavy atom. The predicted molar refractivity (Wildman–Crippen MR) is 84.8 cm³/mol. The van der Waals surface area contributed by atoms with E-state index in [0.717, 1.165) is 36.3 Å². The van der Waals surface area contributed by atoms with Crippen LogP contribution in [0.25, 0.3) is 0 Å². The first-order valence-corrected chi connectivity index (χ1v) is 8.36. The first-order valence-electron chi connectivity index (χ1n) is 7.37. The first kappa shape index (κ1) is 16.2. The van der Waals surface area contributed by atoms with Crippen molar-refractivity contribution in [1.29, 1.82) is 0 Å². The lowest BCUT2D eigenvalue weighted by molar-refractivity contribution is -0.120. The molecule has 0 saturated heterocycles. The van der Waals surface area contributed by atoms with Gasteiger partial charge in [-0.1, -0.05) is 25.3 Å². The Kier molecular flexibility index (Phi) is 5.94. The number of hydrogen-bond acceptors (Lipinski definition) is 4. The van der Waals surface area contributed by atoms with E-state index in [1.807, 2.05) is 24.3 Å². The Morgan fingerprint density at radius 3 is 2.86 bits per heavy atom. The summed E-state index contributed by atoms with van der Waals surface area (Å²) < 4.78 is 5.15. The van der Waals surface area contributed by atoms with Gasteiger partial charge in [0.25, 0.3) is 0 Å². The van der Waals surface area contributed by atoms with Crippen molar-refractivity contribution in [1.82, 2.24) is 5.32 Å². The maximum atomic E-state index is 11.9. The molecule has 0 radical (unpaired) electrons. The Balaban J connectivity index is 1.74. The molecule has 1 aromatic rings. The Labute approximate surface area is 130 Å². The number of benzene rings is 1. The van der Waals surface area contributed by atoms with Gasteiger partial charge in [0.2, 0.25) is 5.91 Å². The van der Waals surface area contributed by atoms with Crippen LogP contribution in [0.2, 0.25) is 0 Å². The van der Waals surface area contributed by atoms with Crippen LogP contribution in [0.1, 0.15) is 32.1 Å². The number of amides is 1. The molecule has 1 amide bonds. The number of methoxy groups -OCH3 is 1. The van der Waals surface area contributed by atoms with E-state index in [1.54, 1.807) is 7.11 Å². The zero-order valence-corrected chi connectivity index (χ0v) is 13.2. The number of carbonyl (C=O) groups excluding carboxylic acids is 1. The Morgan fingerprint density at radius 2 is 2.14 bits per heavy atom. The highest BCUT2D eigenvalue weighted by molar-refractivity contribution is 8.00. The van der Waals surface area contributed by atoms with Crippen LogP contribution in [0.3, 0.4) is 0 Å². The number of thioether (sulfide) groups is 1. The maximum Gasteiger partial charge on any atom is 0.230 e. The smallest absolute Gasteiger partial charge is 0.230 e. The zero-order valence-electron chi connectivity index (χ0n) is 12.4. The summed E-state index contributed by atoms with van der Waals surface area (Å²) in [7, 11) is 1.63. The molecule has 1 aliphatic rings. The number of carbonyl (C=O) groups is 1. The van der Waals surface area contributed by atoms with E-state index in [1.165, 1.54) is 18.2 Å². The SMILES string of the molecule is COc1cccc(SCC(=O)NCC2(O)CCCCC2)c1. The minimum absolute atomic E-state index is 0.0400. The number of nitrogens with one attached hydrogen (secondary N) is 1. The summed E-state index contributed by atoms with van der Waals surface area (Å²) in [4.78, 5) is 12.9. The number of ether oxygens (including phenoxy) is 1. The molecule has 1 saturated carbocycles. The van der Waals surface area contributed by atoms with Crippen LogP contribution < -0.4 is 10.1 Å². The van der Waals surface area contributed by atoms with Crippen molar-refractivity contribution in [2.24, 2.45) is 0 Å². The maximum absolute atomic E-state index is 11.9. The fourth-order valence-electron chi connectivity index (χ4n) is 2.54. The number of rotatable bonds is 6. The quantitative estimate of drug-likeness (QED) is 0.793. The number of aliphatic hydroxyl groups is 1. The van der Waals surface area contributed by atoms with Crippen molar-refractivity contribution >= 4 is 17.7 Å². The van der Waals surface area contributed by atoms with Gasteiger partial charge in [0.15, 0.2) is 0 Å². The fraction of sp³-hybridized carbons (Fsp3) is 0.562. The summed E-state index contributed by atoms with van der Waals surface area (Å²) in [5.74, 6) is 1.10. The second-order valence-corrected chi connectivity index (χ2v) is 6.58. The van der Waals surface area contributed by atoms with Crippen LogP contribution in [0.4, 0.5) is 0 Å². The van der Waals surface area contributed by atoms with Crippen LogP contribution >= 0.6 is 11.8 Å². The van der Waals surface area contributed by atoms with Crippen LogP contribution in [-0.4, -0.2) is 36.0 Å². The van der Waals surface area contributed by atoms with Gasteiger partial charge >= 0.3 is 0 Å². The highest BCUT2D eigenvalue weighted by atomic mass is 32.2. The molecule has 0 heterocycles. The molecule has 0 spiro atoms. The van der Waals surface area contributed by atoms with Gasteiger partial charge in [0.1, 0.15) is 5.75 Å². The second kappa shape index (κ2) is 7.71. The third kappa shape index (κ3) is 5.25. The topological polar surface area (TPSA) is 58.6 Å². The summed E-state index contributed by atoms with van der Waals surface area (Å²) in [6.45, 7) is 0.366. The number of hydrogen-bond donors (Lipinski definition) is 2. The molecule has 0 bridgehead atoms. The molecule has 4 nitrogen and oxygen atoms in total. The van der Waals surface area contributed by atoms with E-state index in [9.17, 15) is 9.90 Å². The lowest BCUT2D eigenvalue weighted by atomic mass is 9.85. The summed E-state index contributed by atoms with van der Waals surface area (Å²) in [5, 5.41) is 13.2. The third-order valence-electron chi connectivity index (χ3n) is 3.81. The van der Waals surface area contributed by atoms with E-state index >= 15 is 0 Å². The molecule has 0 atom stereocenters. The largest absolute Gasteiger partial charge is 0.497 e. The monoisotopic (exact) mass is 309 g/mol. The highest BCUT2D eigenvalue weighted by Crippen LogP contribution is 2.27. The fourth-order valence-corrected chi connectivity index (χ4v) is 3.31. The molecule has 0 unspecified atom stereocenters. The van der Waals surface area contributed by atoms with Crippen LogP contribution in [0.15, 0.2) is 29.2 Å². The second-order valence-electron chi connectivity index (χ2n) is 5.53. The summed E-state index contributed by atoms with van der Waals surface area (Å²) in [6, 6.07) is 7.65. The van der Waals surface area contributed by atoms with Gasteiger partial charge in [0, 0.05) is 11.4 Å². The van der Waals surface area contributed by atoms with E-state index in [0.29, 0.717) is 12.3 Å². The summed E-state index contributed by atoms with van der Waals surface area (Å²) >= 11 is 1.47. The molecular formula is C16H23NO3S. The van der Waals surface area contributed by atoms with E-state index < -0.39 is 5.60 Å². The molecular weight excluding hydrogens is 286 g/mol. The van der Waals surface area contributed by atoms with Gasteiger partial charge in [-0.25, -0.2) is 0 Å². The van der Waals surface area contributed by atoms with Crippen LogP contribution in [0, 0.1) is 0 Å². The van der Waals surface area contributed by atoms with Crippen molar-refractivity contribution < 1.29 is 14.6 Å². The van der Waals surface area contributed by atoms with Crippen molar-refractivity contribution in [2.45, 2.75) is 42.6 Å². The molecule has 5 heteroatoms. The van der Waals surface area contributed by atoms with Crippen molar-refractivity contribution in [3.8, 4) is 5.75 Å².